The lowest BCUT2D eigenvalue weighted by Crippen LogP contribution is -2.08. The number of carbonyl (C=O) groups excluding carboxylic acids is 1. The minimum absolute atomic E-state index is 0.288. The molecule has 2 aromatic rings. The number of esters is 1. The minimum Gasteiger partial charge on any atom is -0.456 e. The second-order valence-corrected chi connectivity index (χ2v) is 4.24. The molecule has 0 aliphatic carbocycles. The Morgan fingerprint density at radius 1 is 1.28 bits per heavy atom. The Balaban J connectivity index is 2.04. The second kappa shape index (κ2) is 5.54. The maximum absolute atomic E-state index is 12.0. The quantitative estimate of drug-likeness (QED) is 0.837. The number of ether oxygens (including phenoxy) is 1. The highest BCUT2D eigenvalue weighted by atomic mass is 16.5. The molecule has 1 heterocycles. The predicted molar refractivity (Wildman–Crippen MR) is 70.5 cm³/mol. The van der Waals surface area contributed by atoms with Gasteiger partial charge >= 0.3 is 5.97 Å². The third-order valence-corrected chi connectivity index (χ3v) is 2.98. The predicted octanol–water partition coefficient (Wildman–Crippen LogP) is 3.24. The summed E-state index contributed by atoms with van der Waals surface area (Å²) in [6, 6.07) is 9.68. The fourth-order valence-corrected chi connectivity index (χ4v) is 1.98. The molecule has 0 aliphatic heterocycles. The molecule has 2 rings (SSSR count). The molecule has 94 valence electrons. The van der Waals surface area contributed by atoms with Gasteiger partial charge in [-0.05, 0) is 30.0 Å². The molecule has 3 nitrogen and oxygen atoms in total. The molecule has 3 heteroatoms. The number of aromatic amines is 1. The normalized spacial score (nSPS) is 10.3. The fraction of sp³-hybridized carbons (Fsp3) is 0.267. The van der Waals surface area contributed by atoms with Crippen molar-refractivity contribution >= 4 is 5.97 Å². The van der Waals surface area contributed by atoms with E-state index >= 15 is 0 Å². The van der Waals surface area contributed by atoms with Crippen molar-refractivity contribution in [3.05, 3.63) is 58.9 Å². The highest BCUT2D eigenvalue weighted by Gasteiger charge is 2.15. The van der Waals surface area contributed by atoms with Gasteiger partial charge in [0.25, 0.3) is 0 Å². The summed E-state index contributed by atoms with van der Waals surface area (Å²) in [5.41, 5.74) is 3.70. The third-order valence-electron chi connectivity index (χ3n) is 2.98. The van der Waals surface area contributed by atoms with Gasteiger partial charge in [0.05, 0.1) is 0 Å². The molecule has 0 amide bonds. The van der Waals surface area contributed by atoms with Gasteiger partial charge in [-0.1, -0.05) is 37.3 Å². The van der Waals surface area contributed by atoms with Crippen LogP contribution in [0.5, 0.6) is 0 Å². The summed E-state index contributed by atoms with van der Waals surface area (Å²) in [6.45, 7) is 4.33. The van der Waals surface area contributed by atoms with Crippen LogP contribution in [0.1, 0.15) is 34.1 Å². The monoisotopic (exact) mass is 243 g/mol. The molecule has 0 aliphatic rings. The molecule has 1 N–H and O–H groups in total. The maximum Gasteiger partial charge on any atom is 0.355 e. The molecule has 0 atom stereocenters. The largest absolute Gasteiger partial charge is 0.456 e. The molecule has 0 bridgehead atoms. The minimum atomic E-state index is -0.288. The smallest absolute Gasteiger partial charge is 0.355 e. The van der Waals surface area contributed by atoms with Gasteiger partial charge in [0.15, 0.2) is 0 Å². The molecular weight excluding hydrogens is 226 g/mol. The lowest BCUT2D eigenvalue weighted by Gasteiger charge is -2.05. The zero-order valence-electron chi connectivity index (χ0n) is 10.7. The van der Waals surface area contributed by atoms with Gasteiger partial charge in [-0.3, -0.25) is 0 Å². The van der Waals surface area contributed by atoms with Crippen molar-refractivity contribution < 1.29 is 9.53 Å². The van der Waals surface area contributed by atoms with E-state index < -0.39 is 0 Å². The number of rotatable bonds is 4. The van der Waals surface area contributed by atoms with Gasteiger partial charge in [-0.2, -0.15) is 0 Å². The van der Waals surface area contributed by atoms with E-state index in [-0.39, 0.29) is 5.97 Å². The Labute approximate surface area is 107 Å². The van der Waals surface area contributed by atoms with Crippen LogP contribution in [0.4, 0.5) is 0 Å². The lowest BCUT2D eigenvalue weighted by atomic mass is 10.1. The van der Waals surface area contributed by atoms with Crippen LogP contribution >= 0.6 is 0 Å². The fourth-order valence-electron chi connectivity index (χ4n) is 1.98. The zero-order valence-corrected chi connectivity index (χ0v) is 10.7. The number of nitrogens with one attached hydrogen (secondary N) is 1. The second-order valence-electron chi connectivity index (χ2n) is 4.24. The highest BCUT2D eigenvalue weighted by Crippen LogP contribution is 2.15. The average molecular weight is 243 g/mol. The molecule has 1 aromatic heterocycles. The van der Waals surface area contributed by atoms with Crippen molar-refractivity contribution in [3.8, 4) is 0 Å². The molecule has 0 saturated heterocycles. The van der Waals surface area contributed by atoms with Crippen LogP contribution in [0.2, 0.25) is 0 Å². The van der Waals surface area contributed by atoms with Crippen molar-refractivity contribution in [2.45, 2.75) is 26.9 Å². The average Bonchev–Trinajstić information content (AvgIpc) is 2.78. The SMILES string of the molecule is CCc1c(C)c[nH]c1C(=O)OCc1ccccc1. The van der Waals surface area contributed by atoms with E-state index in [4.69, 9.17) is 4.74 Å². The van der Waals surface area contributed by atoms with Gasteiger partial charge < -0.3 is 9.72 Å². The van der Waals surface area contributed by atoms with E-state index in [1.807, 2.05) is 50.4 Å². The van der Waals surface area contributed by atoms with Crippen molar-refractivity contribution in [3.63, 3.8) is 0 Å². The van der Waals surface area contributed by atoms with Gasteiger partial charge in [0.1, 0.15) is 12.3 Å². The Morgan fingerprint density at radius 2 is 2.00 bits per heavy atom. The van der Waals surface area contributed by atoms with Gasteiger partial charge in [0, 0.05) is 6.20 Å². The van der Waals surface area contributed by atoms with Crippen LogP contribution < -0.4 is 0 Å². The maximum atomic E-state index is 12.0. The Morgan fingerprint density at radius 3 is 2.67 bits per heavy atom. The number of aryl methyl sites for hydroxylation is 1. The summed E-state index contributed by atoms with van der Waals surface area (Å²) in [6.07, 6.45) is 2.67. The number of benzene rings is 1. The number of H-pyrrole nitrogens is 1. The van der Waals surface area contributed by atoms with Crippen molar-refractivity contribution in [1.29, 1.82) is 0 Å². The van der Waals surface area contributed by atoms with Gasteiger partial charge in [-0.15, -0.1) is 0 Å². The van der Waals surface area contributed by atoms with Crippen LogP contribution in [0.3, 0.4) is 0 Å². The highest BCUT2D eigenvalue weighted by molar-refractivity contribution is 5.89. The first kappa shape index (κ1) is 12.4. The van der Waals surface area contributed by atoms with E-state index in [0.717, 1.165) is 23.1 Å². The first-order valence-electron chi connectivity index (χ1n) is 6.10. The molecular formula is C15H17NO2. The van der Waals surface area contributed by atoms with E-state index in [9.17, 15) is 4.79 Å². The summed E-state index contributed by atoms with van der Waals surface area (Å²) in [5, 5.41) is 0. The zero-order chi connectivity index (χ0) is 13.0. The number of hydrogen-bond acceptors (Lipinski definition) is 2. The number of aromatic nitrogens is 1. The van der Waals surface area contributed by atoms with E-state index in [0.29, 0.717) is 12.3 Å². The summed E-state index contributed by atoms with van der Waals surface area (Å²) >= 11 is 0. The molecule has 0 radical (unpaired) electrons. The molecule has 0 unspecified atom stereocenters. The van der Waals surface area contributed by atoms with Crippen molar-refractivity contribution in [1.82, 2.24) is 4.98 Å². The summed E-state index contributed by atoms with van der Waals surface area (Å²) in [4.78, 5) is 14.9. The van der Waals surface area contributed by atoms with Crippen molar-refractivity contribution in [2.24, 2.45) is 0 Å². The van der Waals surface area contributed by atoms with E-state index in [2.05, 4.69) is 4.98 Å². The molecule has 0 saturated carbocycles. The van der Waals surface area contributed by atoms with E-state index in [1.54, 1.807) is 0 Å². The Kier molecular flexibility index (Phi) is 3.82. The summed E-state index contributed by atoms with van der Waals surface area (Å²) < 4.78 is 5.30. The van der Waals surface area contributed by atoms with Crippen LogP contribution in [0.15, 0.2) is 36.5 Å². The van der Waals surface area contributed by atoms with Gasteiger partial charge in [-0.25, -0.2) is 4.79 Å². The lowest BCUT2D eigenvalue weighted by molar-refractivity contribution is 0.0465. The Hall–Kier alpha value is -2.03. The summed E-state index contributed by atoms with van der Waals surface area (Å²) in [5.74, 6) is -0.288. The molecule has 1 aromatic carbocycles. The topological polar surface area (TPSA) is 42.1 Å². The van der Waals surface area contributed by atoms with Crippen LogP contribution in [-0.2, 0) is 17.8 Å². The van der Waals surface area contributed by atoms with E-state index in [1.165, 1.54) is 0 Å². The summed E-state index contributed by atoms with van der Waals surface area (Å²) in [7, 11) is 0. The molecule has 18 heavy (non-hydrogen) atoms. The van der Waals surface area contributed by atoms with Crippen LogP contribution in [0, 0.1) is 6.92 Å². The molecule has 0 spiro atoms. The molecule has 0 fully saturated rings. The van der Waals surface area contributed by atoms with Crippen molar-refractivity contribution in [2.75, 3.05) is 0 Å². The van der Waals surface area contributed by atoms with Crippen LogP contribution in [-0.4, -0.2) is 11.0 Å². The first-order chi connectivity index (χ1) is 8.72. The Bertz CT molecular complexity index is 529. The first-order valence-corrected chi connectivity index (χ1v) is 6.10. The third kappa shape index (κ3) is 2.62. The standard InChI is InChI=1S/C15H17NO2/c1-3-13-11(2)9-16-14(13)15(17)18-10-12-7-5-4-6-8-12/h4-9,16H,3,10H2,1-2H3. The van der Waals surface area contributed by atoms with Crippen LogP contribution in [0.25, 0.3) is 0 Å². The van der Waals surface area contributed by atoms with Gasteiger partial charge in [0.2, 0.25) is 0 Å². The number of carbonyl (C=O) groups is 1. The number of hydrogen-bond donors (Lipinski definition) is 1.